The molecule has 0 bridgehead atoms. The standard InChI is InChI=1S/C15H13F2N/c16-13-6-5-10(8-14(13)17)12-7-11-3-1-2-4-15(11)18-9-12/h1-6,8,12,18H,7,9H2. The molecule has 0 saturated carbocycles. The summed E-state index contributed by atoms with van der Waals surface area (Å²) in [6, 6.07) is 12.3. The maximum Gasteiger partial charge on any atom is 0.159 e. The first-order valence-electron chi connectivity index (χ1n) is 6.01. The van der Waals surface area contributed by atoms with Crippen molar-refractivity contribution in [2.45, 2.75) is 12.3 Å². The largest absolute Gasteiger partial charge is 0.384 e. The second kappa shape index (κ2) is 4.41. The minimum Gasteiger partial charge on any atom is -0.384 e. The predicted molar refractivity (Wildman–Crippen MR) is 67.7 cm³/mol. The molecule has 92 valence electrons. The summed E-state index contributed by atoms with van der Waals surface area (Å²) in [6.45, 7) is 0.752. The van der Waals surface area contributed by atoms with E-state index in [4.69, 9.17) is 0 Å². The van der Waals surface area contributed by atoms with Gasteiger partial charge in [0.05, 0.1) is 0 Å². The first-order valence-corrected chi connectivity index (χ1v) is 6.01. The molecule has 0 spiro atoms. The van der Waals surface area contributed by atoms with Crippen molar-refractivity contribution in [3.8, 4) is 0 Å². The van der Waals surface area contributed by atoms with E-state index in [1.54, 1.807) is 6.07 Å². The summed E-state index contributed by atoms with van der Waals surface area (Å²) in [4.78, 5) is 0. The lowest BCUT2D eigenvalue weighted by Gasteiger charge is -2.26. The zero-order chi connectivity index (χ0) is 12.5. The van der Waals surface area contributed by atoms with Gasteiger partial charge in [-0.2, -0.15) is 0 Å². The van der Waals surface area contributed by atoms with Gasteiger partial charge in [0.15, 0.2) is 11.6 Å². The smallest absolute Gasteiger partial charge is 0.159 e. The third-order valence-corrected chi connectivity index (χ3v) is 3.44. The number of hydrogen-bond acceptors (Lipinski definition) is 1. The van der Waals surface area contributed by atoms with E-state index in [2.05, 4.69) is 11.4 Å². The Morgan fingerprint density at radius 1 is 1.00 bits per heavy atom. The highest BCUT2D eigenvalue weighted by atomic mass is 19.2. The van der Waals surface area contributed by atoms with Crippen LogP contribution in [0.1, 0.15) is 17.0 Å². The Bertz CT molecular complexity index is 580. The van der Waals surface area contributed by atoms with Crippen LogP contribution in [0.4, 0.5) is 14.5 Å². The summed E-state index contributed by atoms with van der Waals surface area (Å²) in [7, 11) is 0. The monoisotopic (exact) mass is 245 g/mol. The quantitative estimate of drug-likeness (QED) is 0.807. The summed E-state index contributed by atoms with van der Waals surface area (Å²) in [5.41, 5.74) is 3.20. The zero-order valence-electron chi connectivity index (χ0n) is 9.79. The van der Waals surface area contributed by atoms with Gasteiger partial charge < -0.3 is 5.32 Å². The van der Waals surface area contributed by atoms with Crippen LogP contribution in [0.15, 0.2) is 42.5 Å². The number of para-hydroxylation sites is 1. The van der Waals surface area contributed by atoms with Crippen molar-refractivity contribution >= 4 is 5.69 Å². The van der Waals surface area contributed by atoms with Crippen LogP contribution in [0, 0.1) is 11.6 Å². The number of fused-ring (bicyclic) bond motifs is 1. The fourth-order valence-corrected chi connectivity index (χ4v) is 2.44. The summed E-state index contributed by atoms with van der Waals surface area (Å²) < 4.78 is 26.1. The van der Waals surface area contributed by atoms with Crippen LogP contribution < -0.4 is 5.32 Å². The number of anilines is 1. The average Bonchev–Trinajstić information content (AvgIpc) is 2.41. The highest BCUT2D eigenvalue weighted by molar-refractivity contribution is 5.54. The van der Waals surface area contributed by atoms with Crippen LogP contribution in [-0.2, 0) is 6.42 Å². The minimum atomic E-state index is -0.789. The van der Waals surface area contributed by atoms with Gasteiger partial charge in [0.25, 0.3) is 0 Å². The summed E-state index contributed by atoms with van der Waals surface area (Å²) in [5, 5.41) is 3.33. The van der Waals surface area contributed by atoms with E-state index in [0.29, 0.717) is 0 Å². The molecule has 0 saturated heterocycles. The van der Waals surface area contributed by atoms with Gasteiger partial charge >= 0.3 is 0 Å². The van der Waals surface area contributed by atoms with E-state index >= 15 is 0 Å². The first kappa shape index (κ1) is 11.2. The molecule has 1 heterocycles. The van der Waals surface area contributed by atoms with Crippen LogP contribution in [0.2, 0.25) is 0 Å². The number of rotatable bonds is 1. The maximum atomic E-state index is 13.2. The second-order valence-corrected chi connectivity index (χ2v) is 4.61. The number of benzene rings is 2. The Morgan fingerprint density at radius 3 is 2.67 bits per heavy atom. The molecule has 2 aromatic carbocycles. The van der Waals surface area contributed by atoms with Gasteiger partial charge in [-0.05, 0) is 35.7 Å². The SMILES string of the molecule is Fc1ccc(C2CNc3ccccc3C2)cc1F. The van der Waals surface area contributed by atoms with Crippen molar-refractivity contribution < 1.29 is 8.78 Å². The van der Waals surface area contributed by atoms with Crippen molar-refractivity contribution in [1.82, 2.24) is 0 Å². The highest BCUT2D eigenvalue weighted by Crippen LogP contribution is 2.30. The number of hydrogen-bond donors (Lipinski definition) is 1. The van der Waals surface area contributed by atoms with Crippen LogP contribution in [-0.4, -0.2) is 6.54 Å². The molecule has 1 N–H and O–H groups in total. The van der Waals surface area contributed by atoms with Crippen molar-refractivity contribution in [2.75, 3.05) is 11.9 Å². The van der Waals surface area contributed by atoms with Crippen LogP contribution >= 0.6 is 0 Å². The second-order valence-electron chi connectivity index (χ2n) is 4.61. The Kier molecular flexibility index (Phi) is 2.74. The van der Waals surface area contributed by atoms with E-state index in [9.17, 15) is 8.78 Å². The lowest BCUT2D eigenvalue weighted by atomic mass is 9.88. The van der Waals surface area contributed by atoms with Crippen molar-refractivity contribution in [3.05, 3.63) is 65.2 Å². The highest BCUT2D eigenvalue weighted by Gasteiger charge is 2.20. The fourth-order valence-electron chi connectivity index (χ4n) is 2.44. The molecule has 1 aliphatic rings. The zero-order valence-corrected chi connectivity index (χ0v) is 9.79. The van der Waals surface area contributed by atoms with Crippen molar-refractivity contribution in [1.29, 1.82) is 0 Å². The van der Waals surface area contributed by atoms with Gasteiger partial charge in [0.2, 0.25) is 0 Å². The summed E-state index contributed by atoms with van der Waals surface area (Å²) in [6.07, 6.45) is 0.855. The van der Waals surface area contributed by atoms with Gasteiger partial charge in [-0.15, -0.1) is 0 Å². The molecule has 3 heteroatoms. The lowest BCUT2D eigenvalue weighted by Crippen LogP contribution is -2.21. The topological polar surface area (TPSA) is 12.0 Å². The normalized spacial score (nSPS) is 18.0. The molecule has 0 amide bonds. The van der Waals surface area contributed by atoms with Crippen molar-refractivity contribution in [2.24, 2.45) is 0 Å². The fraction of sp³-hybridized carbons (Fsp3) is 0.200. The van der Waals surface area contributed by atoms with Crippen molar-refractivity contribution in [3.63, 3.8) is 0 Å². The van der Waals surface area contributed by atoms with E-state index in [-0.39, 0.29) is 5.92 Å². The molecular formula is C15H13F2N. The molecular weight excluding hydrogens is 232 g/mol. The molecule has 0 radical (unpaired) electrons. The van der Waals surface area contributed by atoms with Gasteiger partial charge in [-0.1, -0.05) is 24.3 Å². The predicted octanol–water partition coefficient (Wildman–Crippen LogP) is 3.72. The molecule has 3 rings (SSSR count). The Labute approximate surface area is 104 Å². The van der Waals surface area contributed by atoms with Gasteiger partial charge in [0.1, 0.15) is 0 Å². The molecule has 1 atom stereocenters. The molecule has 0 aromatic heterocycles. The van der Waals surface area contributed by atoms with E-state index in [0.717, 1.165) is 24.2 Å². The Morgan fingerprint density at radius 2 is 1.83 bits per heavy atom. The minimum absolute atomic E-state index is 0.190. The van der Waals surface area contributed by atoms with Crippen LogP contribution in [0.5, 0.6) is 0 Å². The first-order chi connectivity index (χ1) is 8.74. The van der Waals surface area contributed by atoms with Crippen LogP contribution in [0.3, 0.4) is 0 Å². The molecule has 1 aliphatic heterocycles. The number of nitrogens with one attached hydrogen (secondary N) is 1. The van der Waals surface area contributed by atoms with E-state index < -0.39 is 11.6 Å². The van der Waals surface area contributed by atoms with Gasteiger partial charge in [-0.25, -0.2) is 8.78 Å². The third-order valence-electron chi connectivity index (χ3n) is 3.44. The Hall–Kier alpha value is -1.90. The van der Waals surface area contributed by atoms with Gasteiger partial charge in [-0.3, -0.25) is 0 Å². The molecule has 18 heavy (non-hydrogen) atoms. The molecule has 0 fully saturated rings. The molecule has 2 aromatic rings. The van der Waals surface area contributed by atoms with Crippen LogP contribution in [0.25, 0.3) is 0 Å². The Balaban J connectivity index is 1.89. The third kappa shape index (κ3) is 1.96. The average molecular weight is 245 g/mol. The molecule has 1 unspecified atom stereocenters. The van der Waals surface area contributed by atoms with E-state index in [1.165, 1.54) is 17.7 Å². The summed E-state index contributed by atoms with van der Waals surface area (Å²) in [5.74, 6) is -1.37. The molecule has 0 aliphatic carbocycles. The summed E-state index contributed by atoms with van der Waals surface area (Å²) >= 11 is 0. The molecule has 1 nitrogen and oxygen atoms in total. The lowest BCUT2D eigenvalue weighted by molar-refractivity contribution is 0.505. The number of halogens is 2. The van der Waals surface area contributed by atoms with E-state index in [1.807, 2.05) is 18.2 Å². The maximum absolute atomic E-state index is 13.2. The van der Waals surface area contributed by atoms with Gasteiger partial charge in [0, 0.05) is 18.2 Å².